The monoisotopic (exact) mass is 299 g/mol. The van der Waals surface area contributed by atoms with Crippen LogP contribution in [0, 0.1) is 6.92 Å². The molecule has 0 saturated heterocycles. The lowest BCUT2D eigenvalue weighted by Gasteiger charge is -2.26. The van der Waals surface area contributed by atoms with Gasteiger partial charge in [-0.25, -0.2) is 0 Å². The summed E-state index contributed by atoms with van der Waals surface area (Å²) in [4.78, 5) is 11.4. The van der Waals surface area contributed by atoms with Gasteiger partial charge in [-0.15, -0.1) is 0 Å². The van der Waals surface area contributed by atoms with E-state index >= 15 is 0 Å². The molecule has 1 atom stereocenters. The molecule has 1 aromatic rings. The van der Waals surface area contributed by atoms with Gasteiger partial charge in [-0.2, -0.15) is 5.10 Å². The van der Waals surface area contributed by atoms with Gasteiger partial charge in [0.2, 0.25) is 0 Å². The molecule has 1 saturated carbocycles. The maximum absolute atomic E-state index is 11.4. The van der Waals surface area contributed by atoms with Crippen molar-refractivity contribution >= 4 is 17.6 Å². The van der Waals surface area contributed by atoms with E-state index in [9.17, 15) is 9.90 Å². The number of aryl methyl sites for hydroxylation is 1. The van der Waals surface area contributed by atoms with Crippen LogP contribution in [0.1, 0.15) is 44.7 Å². The van der Waals surface area contributed by atoms with E-state index in [1.54, 1.807) is 13.1 Å². The van der Waals surface area contributed by atoms with E-state index in [0.29, 0.717) is 17.5 Å². The highest BCUT2D eigenvalue weighted by Crippen LogP contribution is 2.25. The molecule has 1 heterocycles. The SMILES string of the molecule is Cc1c(Cl)cnn1CCCCC(C)(NC1CC1)C(=O)O. The van der Waals surface area contributed by atoms with Crippen LogP contribution in [0.5, 0.6) is 0 Å². The third kappa shape index (κ3) is 3.73. The number of unbranched alkanes of at least 4 members (excludes halogenated alkanes) is 1. The minimum atomic E-state index is -0.808. The molecule has 6 heteroatoms. The number of halogens is 1. The number of hydrogen-bond donors (Lipinski definition) is 2. The lowest BCUT2D eigenvalue weighted by molar-refractivity contribution is -0.144. The number of carboxylic acid groups (broad SMARTS) is 1. The predicted octanol–water partition coefficient (Wildman–Crippen LogP) is 2.61. The van der Waals surface area contributed by atoms with Gasteiger partial charge in [0, 0.05) is 12.6 Å². The number of carboxylic acids is 1. The first-order valence-corrected chi connectivity index (χ1v) is 7.49. The lowest BCUT2D eigenvalue weighted by Crippen LogP contribution is -2.50. The molecule has 2 rings (SSSR count). The van der Waals surface area contributed by atoms with Crippen LogP contribution in [0.15, 0.2) is 6.20 Å². The van der Waals surface area contributed by atoms with Crippen LogP contribution in [0.25, 0.3) is 0 Å². The molecule has 0 spiro atoms. The molecule has 0 amide bonds. The van der Waals surface area contributed by atoms with Crippen molar-refractivity contribution in [3.63, 3.8) is 0 Å². The van der Waals surface area contributed by atoms with Gasteiger partial charge in [-0.3, -0.25) is 14.8 Å². The van der Waals surface area contributed by atoms with E-state index in [2.05, 4.69) is 10.4 Å². The molecule has 0 bridgehead atoms. The Morgan fingerprint density at radius 3 is 2.80 bits per heavy atom. The molecular weight excluding hydrogens is 278 g/mol. The van der Waals surface area contributed by atoms with Crippen LogP contribution in [-0.4, -0.2) is 32.4 Å². The van der Waals surface area contributed by atoms with Gasteiger partial charge >= 0.3 is 5.97 Å². The van der Waals surface area contributed by atoms with E-state index in [4.69, 9.17) is 11.6 Å². The van der Waals surface area contributed by atoms with Crippen molar-refractivity contribution < 1.29 is 9.90 Å². The Balaban J connectivity index is 1.78. The summed E-state index contributed by atoms with van der Waals surface area (Å²) in [7, 11) is 0. The zero-order chi connectivity index (χ0) is 14.8. The lowest BCUT2D eigenvalue weighted by atomic mass is 9.94. The smallest absolute Gasteiger partial charge is 0.323 e. The van der Waals surface area contributed by atoms with Crippen molar-refractivity contribution in [1.82, 2.24) is 15.1 Å². The fraction of sp³-hybridized carbons (Fsp3) is 0.714. The summed E-state index contributed by atoms with van der Waals surface area (Å²) >= 11 is 5.95. The Labute approximate surface area is 124 Å². The van der Waals surface area contributed by atoms with Crippen LogP contribution in [0.3, 0.4) is 0 Å². The minimum Gasteiger partial charge on any atom is -0.480 e. The zero-order valence-corrected chi connectivity index (χ0v) is 12.8. The summed E-state index contributed by atoms with van der Waals surface area (Å²) in [5, 5.41) is 17.5. The highest BCUT2D eigenvalue weighted by atomic mass is 35.5. The Hall–Kier alpha value is -1.07. The molecular formula is C14H22ClN3O2. The fourth-order valence-corrected chi connectivity index (χ4v) is 2.45. The third-order valence-electron chi connectivity index (χ3n) is 3.91. The maximum atomic E-state index is 11.4. The van der Waals surface area contributed by atoms with Crippen LogP contribution < -0.4 is 5.32 Å². The van der Waals surface area contributed by atoms with E-state index in [0.717, 1.165) is 37.9 Å². The molecule has 20 heavy (non-hydrogen) atoms. The zero-order valence-electron chi connectivity index (χ0n) is 12.0. The molecule has 1 fully saturated rings. The normalized spacial score (nSPS) is 17.9. The van der Waals surface area contributed by atoms with Crippen LogP contribution in [0.4, 0.5) is 0 Å². The summed E-state index contributed by atoms with van der Waals surface area (Å²) in [5.41, 5.74) is 0.154. The summed E-state index contributed by atoms with van der Waals surface area (Å²) < 4.78 is 1.87. The van der Waals surface area contributed by atoms with Crippen molar-refractivity contribution in [1.29, 1.82) is 0 Å². The number of aromatic nitrogens is 2. The Morgan fingerprint density at radius 1 is 1.60 bits per heavy atom. The van der Waals surface area contributed by atoms with Crippen LogP contribution in [-0.2, 0) is 11.3 Å². The van der Waals surface area contributed by atoms with Crippen molar-refractivity contribution in [2.45, 2.75) is 64.1 Å². The molecule has 2 N–H and O–H groups in total. The van der Waals surface area contributed by atoms with Gasteiger partial charge in [-0.1, -0.05) is 11.6 Å². The average Bonchev–Trinajstić information content (AvgIpc) is 3.14. The van der Waals surface area contributed by atoms with Gasteiger partial charge in [0.25, 0.3) is 0 Å². The standard InChI is InChI=1S/C14H22ClN3O2/c1-10-12(15)9-16-18(10)8-4-3-7-14(2,13(19)20)17-11-5-6-11/h9,11,17H,3-8H2,1-2H3,(H,19,20). The maximum Gasteiger partial charge on any atom is 0.323 e. The first-order chi connectivity index (χ1) is 9.42. The van der Waals surface area contributed by atoms with Crippen molar-refractivity contribution in [3.8, 4) is 0 Å². The van der Waals surface area contributed by atoms with Gasteiger partial charge in [-0.05, 0) is 46.0 Å². The molecule has 112 valence electrons. The Kier molecular flexibility index (Phi) is 4.70. The van der Waals surface area contributed by atoms with Crippen molar-refractivity contribution in [3.05, 3.63) is 16.9 Å². The molecule has 0 aliphatic heterocycles. The highest BCUT2D eigenvalue weighted by molar-refractivity contribution is 6.31. The average molecular weight is 300 g/mol. The second kappa shape index (κ2) is 6.14. The number of rotatable bonds is 8. The molecule has 1 aromatic heterocycles. The topological polar surface area (TPSA) is 67.2 Å². The molecule has 1 aliphatic carbocycles. The highest BCUT2D eigenvalue weighted by Gasteiger charge is 2.37. The van der Waals surface area contributed by atoms with E-state index < -0.39 is 11.5 Å². The van der Waals surface area contributed by atoms with Crippen molar-refractivity contribution in [2.24, 2.45) is 0 Å². The van der Waals surface area contributed by atoms with E-state index in [1.807, 2.05) is 11.6 Å². The Bertz CT molecular complexity index is 485. The van der Waals surface area contributed by atoms with E-state index in [-0.39, 0.29) is 0 Å². The Morgan fingerprint density at radius 2 is 2.30 bits per heavy atom. The summed E-state index contributed by atoms with van der Waals surface area (Å²) in [5.74, 6) is -0.761. The number of carbonyl (C=O) groups is 1. The molecule has 0 aromatic carbocycles. The summed E-state index contributed by atoms with van der Waals surface area (Å²) in [6.45, 7) is 4.49. The van der Waals surface area contributed by atoms with Gasteiger partial charge in [0.05, 0.1) is 16.9 Å². The quantitative estimate of drug-likeness (QED) is 0.724. The first kappa shape index (κ1) is 15.3. The summed E-state index contributed by atoms with van der Waals surface area (Å²) in [6, 6.07) is 0.392. The molecule has 1 unspecified atom stereocenters. The minimum absolute atomic E-state index is 0.392. The first-order valence-electron chi connectivity index (χ1n) is 7.11. The molecule has 1 aliphatic rings. The number of hydrogen-bond acceptors (Lipinski definition) is 3. The molecule has 5 nitrogen and oxygen atoms in total. The molecule has 0 radical (unpaired) electrons. The number of nitrogens with zero attached hydrogens (tertiary/aromatic N) is 2. The van der Waals surface area contributed by atoms with Gasteiger partial charge in [0.15, 0.2) is 0 Å². The largest absolute Gasteiger partial charge is 0.480 e. The van der Waals surface area contributed by atoms with Crippen LogP contribution in [0.2, 0.25) is 5.02 Å². The third-order valence-corrected chi connectivity index (χ3v) is 4.28. The summed E-state index contributed by atoms with van der Waals surface area (Å²) in [6.07, 6.45) is 6.20. The number of nitrogens with one attached hydrogen (secondary N) is 1. The van der Waals surface area contributed by atoms with Gasteiger partial charge < -0.3 is 5.11 Å². The van der Waals surface area contributed by atoms with Gasteiger partial charge in [0.1, 0.15) is 5.54 Å². The second-order valence-corrected chi connectivity index (χ2v) is 6.22. The van der Waals surface area contributed by atoms with E-state index in [1.165, 1.54) is 0 Å². The predicted molar refractivity (Wildman–Crippen MR) is 78.0 cm³/mol. The van der Waals surface area contributed by atoms with Crippen LogP contribution >= 0.6 is 11.6 Å². The number of aliphatic carboxylic acids is 1. The van der Waals surface area contributed by atoms with Crippen molar-refractivity contribution in [2.75, 3.05) is 0 Å². The fourth-order valence-electron chi connectivity index (χ4n) is 2.31. The second-order valence-electron chi connectivity index (χ2n) is 5.81.